The smallest absolute Gasteiger partial charge is 0.346 e. The Morgan fingerprint density at radius 3 is 2.41 bits per heavy atom. The van der Waals surface area contributed by atoms with Crippen LogP contribution >= 0.6 is 12.4 Å². The average Bonchev–Trinajstić information content (AvgIpc) is 2.43. The zero-order chi connectivity index (χ0) is 16.0. The fourth-order valence-corrected chi connectivity index (χ4v) is 1.66. The van der Waals surface area contributed by atoms with E-state index in [1.807, 2.05) is 0 Å². The lowest BCUT2D eigenvalue weighted by Crippen LogP contribution is -2.40. The molecule has 0 unspecified atom stereocenters. The lowest BCUT2D eigenvalue weighted by atomic mass is 10.1. The van der Waals surface area contributed by atoms with E-state index in [4.69, 9.17) is 5.73 Å². The van der Waals surface area contributed by atoms with Crippen LogP contribution in [0.4, 0.5) is 13.2 Å². The van der Waals surface area contributed by atoms with Gasteiger partial charge in [0.1, 0.15) is 0 Å². The molecular formula is C13H17ClF3N3O2. The van der Waals surface area contributed by atoms with Crippen molar-refractivity contribution in [3.05, 3.63) is 35.4 Å². The molecule has 1 aromatic rings. The third-order valence-electron chi connectivity index (χ3n) is 2.78. The first kappa shape index (κ1) is 20.2. The summed E-state index contributed by atoms with van der Waals surface area (Å²) in [6.45, 7) is -0.762. The van der Waals surface area contributed by atoms with Gasteiger partial charge in [-0.05, 0) is 11.6 Å². The predicted octanol–water partition coefficient (Wildman–Crippen LogP) is 1.16. The fraction of sp³-hybridized carbons (Fsp3) is 0.385. The number of alkyl halides is 3. The molecule has 2 amide bonds. The normalized spacial score (nSPS) is 10.6. The van der Waals surface area contributed by atoms with Gasteiger partial charge in [-0.25, -0.2) is 0 Å². The lowest BCUT2D eigenvalue weighted by Gasteiger charge is -2.20. The fourth-order valence-electron chi connectivity index (χ4n) is 1.66. The first-order valence-corrected chi connectivity index (χ1v) is 6.11. The van der Waals surface area contributed by atoms with E-state index in [0.29, 0.717) is 0 Å². The van der Waals surface area contributed by atoms with Gasteiger partial charge in [-0.1, -0.05) is 18.2 Å². The van der Waals surface area contributed by atoms with Gasteiger partial charge in [0, 0.05) is 13.6 Å². The topological polar surface area (TPSA) is 75.4 Å². The number of nitrogens with two attached hydrogens (primary N) is 1. The molecule has 22 heavy (non-hydrogen) atoms. The van der Waals surface area contributed by atoms with E-state index >= 15 is 0 Å². The van der Waals surface area contributed by atoms with E-state index in [0.717, 1.165) is 11.0 Å². The van der Waals surface area contributed by atoms with Crippen molar-refractivity contribution in [1.29, 1.82) is 0 Å². The van der Waals surface area contributed by atoms with Crippen LogP contribution in [0.5, 0.6) is 0 Å². The van der Waals surface area contributed by atoms with Gasteiger partial charge in [-0.15, -0.1) is 12.4 Å². The number of carbonyl (C=O) groups excluding carboxylic acids is 2. The van der Waals surface area contributed by atoms with Crippen molar-refractivity contribution in [2.45, 2.75) is 12.7 Å². The Morgan fingerprint density at radius 1 is 1.27 bits per heavy atom. The van der Waals surface area contributed by atoms with Crippen molar-refractivity contribution in [2.75, 3.05) is 20.1 Å². The molecule has 0 spiro atoms. The molecule has 3 N–H and O–H groups in total. The zero-order valence-corrected chi connectivity index (χ0v) is 12.6. The Labute approximate surface area is 132 Å². The maximum absolute atomic E-state index is 12.8. The van der Waals surface area contributed by atoms with Crippen LogP contribution in [0.2, 0.25) is 0 Å². The van der Waals surface area contributed by atoms with E-state index in [2.05, 4.69) is 5.32 Å². The van der Waals surface area contributed by atoms with E-state index in [-0.39, 0.29) is 37.6 Å². The average molecular weight is 340 g/mol. The highest BCUT2D eigenvalue weighted by molar-refractivity contribution is 5.85. The summed E-state index contributed by atoms with van der Waals surface area (Å²) in [5.41, 5.74) is 4.27. The van der Waals surface area contributed by atoms with Gasteiger partial charge in [0.2, 0.25) is 11.8 Å². The molecule has 0 aliphatic heterocycles. The summed E-state index contributed by atoms with van der Waals surface area (Å²) in [4.78, 5) is 23.8. The Balaban J connectivity index is 0.00000441. The van der Waals surface area contributed by atoms with Crippen LogP contribution in [-0.4, -0.2) is 36.9 Å². The second-order valence-electron chi connectivity index (χ2n) is 4.39. The zero-order valence-electron chi connectivity index (χ0n) is 11.8. The van der Waals surface area contributed by atoms with Crippen LogP contribution in [0.1, 0.15) is 11.1 Å². The summed E-state index contributed by atoms with van der Waals surface area (Å²) >= 11 is 0. The minimum atomic E-state index is -4.48. The van der Waals surface area contributed by atoms with Crippen molar-refractivity contribution >= 4 is 24.2 Å². The van der Waals surface area contributed by atoms with Crippen molar-refractivity contribution < 1.29 is 22.8 Å². The molecule has 0 fully saturated rings. The number of hydrogen-bond donors (Lipinski definition) is 2. The van der Waals surface area contributed by atoms with Crippen LogP contribution < -0.4 is 11.1 Å². The molecule has 0 heterocycles. The first-order valence-electron chi connectivity index (χ1n) is 6.11. The molecule has 0 aromatic heterocycles. The van der Waals surface area contributed by atoms with Gasteiger partial charge in [0.15, 0.2) is 0 Å². The van der Waals surface area contributed by atoms with Crippen molar-refractivity contribution in [1.82, 2.24) is 10.2 Å². The number of rotatable bonds is 5. The summed E-state index contributed by atoms with van der Waals surface area (Å²) in [5.74, 6) is -1.01. The molecule has 1 rings (SSSR count). The highest BCUT2D eigenvalue weighted by atomic mass is 35.5. The molecule has 0 saturated heterocycles. The number of amides is 2. The Hall–Kier alpha value is -1.80. The van der Waals surface area contributed by atoms with Gasteiger partial charge in [0.25, 0.3) is 0 Å². The van der Waals surface area contributed by atoms with Gasteiger partial charge in [-0.3, -0.25) is 9.59 Å². The second-order valence-corrected chi connectivity index (χ2v) is 4.39. The third-order valence-corrected chi connectivity index (χ3v) is 2.78. The van der Waals surface area contributed by atoms with E-state index in [9.17, 15) is 22.8 Å². The van der Waals surface area contributed by atoms with E-state index < -0.39 is 23.6 Å². The Morgan fingerprint density at radius 2 is 1.86 bits per heavy atom. The van der Waals surface area contributed by atoms with Crippen molar-refractivity contribution in [3.8, 4) is 0 Å². The highest BCUT2D eigenvalue weighted by Gasteiger charge is 2.33. The van der Waals surface area contributed by atoms with Gasteiger partial charge in [-0.2, -0.15) is 13.2 Å². The summed E-state index contributed by atoms with van der Waals surface area (Å²) in [7, 11) is 1.37. The number of benzene rings is 1. The second kappa shape index (κ2) is 8.60. The Kier molecular flexibility index (Phi) is 7.89. The standard InChI is InChI=1S/C13H16F3N3O2.ClH/c1-19(12(21)7-18-11(20)6-17)8-9-4-2-3-5-10(9)13(14,15)16;/h2-5H,6-8,17H2,1H3,(H,18,20);1H. The maximum Gasteiger partial charge on any atom is 0.416 e. The van der Waals surface area contributed by atoms with Crippen LogP contribution in [0.3, 0.4) is 0 Å². The minimum Gasteiger partial charge on any atom is -0.346 e. The Bertz CT molecular complexity index is 523. The molecule has 0 aliphatic carbocycles. The molecule has 0 atom stereocenters. The number of carbonyl (C=O) groups is 2. The highest BCUT2D eigenvalue weighted by Crippen LogP contribution is 2.32. The summed E-state index contributed by atoms with van der Waals surface area (Å²) < 4.78 is 38.5. The molecule has 0 aliphatic rings. The minimum absolute atomic E-state index is 0. The monoisotopic (exact) mass is 339 g/mol. The molecule has 9 heteroatoms. The molecule has 5 nitrogen and oxygen atoms in total. The molecule has 124 valence electrons. The summed E-state index contributed by atoms with van der Waals surface area (Å²) in [6.07, 6.45) is -4.48. The lowest BCUT2D eigenvalue weighted by molar-refractivity contribution is -0.139. The first-order chi connectivity index (χ1) is 9.75. The van der Waals surface area contributed by atoms with Crippen LogP contribution in [0, 0.1) is 0 Å². The van der Waals surface area contributed by atoms with Gasteiger partial charge in [0.05, 0.1) is 18.7 Å². The molecule has 0 bridgehead atoms. The molecule has 1 aromatic carbocycles. The number of nitrogens with zero attached hydrogens (tertiary/aromatic N) is 1. The molecule has 0 radical (unpaired) electrons. The number of halogens is 4. The predicted molar refractivity (Wildman–Crippen MR) is 77.2 cm³/mol. The maximum atomic E-state index is 12.8. The summed E-state index contributed by atoms with van der Waals surface area (Å²) in [5, 5.41) is 2.27. The molecular weight excluding hydrogens is 323 g/mol. The molecule has 0 saturated carbocycles. The van der Waals surface area contributed by atoms with Crippen molar-refractivity contribution in [3.63, 3.8) is 0 Å². The largest absolute Gasteiger partial charge is 0.416 e. The van der Waals surface area contributed by atoms with Crippen LogP contribution in [-0.2, 0) is 22.3 Å². The van der Waals surface area contributed by atoms with Gasteiger partial charge >= 0.3 is 6.18 Å². The number of hydrogen-bond acceptors (Lipinski definition) is 3. The number of nitrogens with one attached hydrogen (secondary N) is 1. The van der Waals surface area contributed by atoms with Crippen LogP contribution in [0.15, 0.2) is 24.3 Å². The third kappa shape index (κ3) is 5.90. The SMILES string of the molecule is CN(Cc1ccccc1C(F)(F)F)C(=O)CNC(=O)CN.Cl. The summed E-state index contributed by atoms with van der Waals surface area (Å²) in [6, 6.07) is 5.03. The van der Waals surface area contributed by atoms with Crippen molar-refractivity contribution in [2.24, 2.45) is 5.73 Å². The quantitative estimate of drug-likeness (QED) is 0.845. The number of likely N-dealkylation sites (N-methyl/N-ethyl adjacent to an activating group) is 1. The van der Waals surface area contributed by atoms with E-state index in [1.54, 1.807) is 0 Å². The van der Waals surface area contributed by atoms with Gasteiger partial charge < -0.3 is 16.0 Å². The van der Waals surface area contributed by atoms with Crippen LogP contribution in [0.25, 0.3) is 0 Å². The van der Waals surface area contributed by atoms with E-state index in [1.165, 1.54) is 25.2 Å².